The van der Waals surface area contributed by atoms with Gasteiger partial charge in [0.1, 0.15) is 6.61 Å². The molecule has 4 nitrogen and oxygen atoms in total. The van der Waals surface area contributed by atoms with E-state index in [4.69, 9.17) is 32.7 Å². The number of hydrogen-bond donors (Lipinski definition) is 2. The van der Waals surface area contributed by atoms with Crippen LogP contribution in [0, 0.1) is 0 Å². The second-order valence-electron chi connectivity index (χ2n) is 5.81. The van der Waals surface area contributed by atoms with E-state index in [0.29, 0.717) is 41.2 Å². The van der Waals surface area contributed by atoms with Crippen LogP contribution in [-0.2, 0) is 13.2 Å². The van der Waals surface area contributed by atoms with Crippen molar-refractivity contribution in [2.24, 2.45) is 0 Å². The third-order valence-electron chi connectivity index (χ3n) is 3.56. The lowest BCUT2D eigenvalue weighted by atomic mass is 10.2. The van der Waals surface area contributed by atoms with Crippen LogP contribution in [0.2, 0.25) is 10.0 Å². The van der Waals surface area contributed by atoms with Crippen molar-refractivity contribution in [2.75, 3.05) is 13.2 Å². The molecule has 0 unspecified atom stereocenters. The maximum absolute atomic E-state index is 9.35. The summed E-state index contributed by atoms with van der Waals surface area (Å²) in [4.78, 5) is 0. The summed E-state index contributed by atoms with van der Waals surface area (Å²) in [5.74, 6) is 1.24. The fourth-order valence-corrected chi connectivity index (χ4v) is 3.48. The molecule has 0 aliphatic rings. The molecule has 0 saturated heterocycles. The van der Waals surface area contributed by atoms with Crippen LogP contribution in [0.15, 0.2) is 34.8 Å². The van der Waals surface area contributed by atoms with E-state index in [9.17, 15) is 5.11 Å². The van der Waals surface area contributed by atoms with E-state index in [1.54, 1.807) is 25.1 Å². The van der Waals surface area contributed by atoms with Crippen molar-refractivity contribution < 1.29 is 14.6 Å². The molecule has 0 saturated carbocycles. The summed E-state index contributed by atoms with van der Waals surface area (Å²) in [6, 6.07) is 9.24. The first-order valence-electron chi connectivity index (χ1n) is 8.32. The zero-order valence-corrected chi connectivity index (χ0v) is 17.8. The molecular formula is C19H22BrCl2NO3. The molecule has 0 aliphatic heterocycles. The van der Waals surface area contributed by atoms with Crippen molar-refractivity contribution in [3.63, 3.8) is 0 Å². The topological polar surface area (TPSA) is 50.7 Å². The van der Waals surface area contributed by atoms with E-state index in [0.717, 1.165) is 15.6 Å². The van der Waals surface area contributed by atoms with Crippen LogP contribution in [0.1, 0.15) is 25.0 Å². The van der Waals surface area contributed by atoms with Crippen LogP contribution in [0.3, 0.4) is 0 Å². The second-order valence-corrected chi connectivity index (χ2v) is 7.48. The van der Waals surface area contributed by atoms with Crippen molar-refractivity contribution in [3.05, 3.63) is 56.0 Å². The molecule has 0 aromatic heterocycles. The lowest BCUT2D eigenvalue weighted by Crippen LogP contribution is -2.23. The molecule has 7 heteroatoms. The van der Waals surface area contributed by atoms with Crippen LogP contribution >= 0.6 is 39.1 Å². The summed E-state index contributed by atoms with van der Waals surface area (Å²) in [7, 11) is 0. The molecule has 2 N–H and O–H groups in total. The maximum atomic E-state index is 9.35. The summed E-state index contributed by atoms with van der Waals surface area (Å²) >= 11 is 16.0. The summed E-state index contributed by atoms with van der Waals surface area (Å²) in [6.45, 7) is 5.54. The van der Waals surface area contributed by atoms with Crippen LogP contribution in [0.25, 0.3) is 0 Å². The van der Waals surface area contributed by atoms with Gasteiger partial charge in [-0.25, -0.2) is 0 Å². The van der Waals surface area contributed by atoms with Crippen molar-refractivity contribution in [2.45, 2.75) is 33.1 Å². The zero-order chi connectivity index (χ0) is 19.1. The lowest BCUT2D eigenvalue weighted by Gasteiger charge is -2.17. The molecular weight excluding hydrogens is 441 g/mol. The van der Waals surface area contributed by atoms with Gasteiger partial charge in [0.2, 0.25) is 0 Å². The van der Waals surface area contributed by atoms with Crippen molar-refractivity contribution in [3.8, 4) is 11.5 Å². The molecule has 0 amide bonds. The van der Waals surface area contributed by atoms with Crippen LogP contribution in [0.4, 0.5) is 0 Å². The smallest absolute Gasteiger partial charge is 0.175 e. The molecule has 26 heavy (non-hydrogen) atoms. The highest BCUT2D eigenvalue weighted by Crippen LogP contribution is 2.38. The molecule has 0 aliphatic carbocycles. The Morgan fingerprint density at radius 1 is 1.19 bits per heavy atom. The molecule has 2 aromatic rings. The Hall–Kier alpha value is -0.980. The van der Waals surface area contributed by atoms with Gasteiger partial charge in [0, 0.05) is 28.7 Å². The minimum Gasteiger partial charge on any atom is -0.490 e. The average molecular weight is 463 g/mol. The lowest BCUT2D eigenvalue weighted by molar-refractivity contribution is 0.191. The molecule has 0 radical (unpaired) electrons. The first kappa shape index (κ1) is 21.3. The van der Waals surface area contributed by atoms with Crippen molar-refractivity contribution in [1.29, 1.82) is 0 Å². The third-order valence-corrected chi connectivity index (χ3v) is 4.86. The monoisotopic (exact) mass is 461 g/mol. The summed E-state index contributed by atoms with van der Waals surface area (Å²) < 4.78 is 12.5. The van der Waals surface area contributed by atoms with Gasteiger partial charge in [-0.15, -0.1) is 0 Å². The molecule has 0 spiro atoms. The van der Waals surface area contributed by atoms with Crippen LogP contribution in [-0.4, -0.2) is 24.4 Å². The number of halogens is 3. The van der Waals surface area contributed by atoms with Crippen molar-refractivity contribution in [1.82, 2.24) is 5.32 Å². The Bertz CT molecular complexity index is 721. The molecule has 2 aromatic carbocycles. The third kappa shape index (κ3) is 6.03. The first-order chi connectivity index (χ1) is 12.4. The van der Waals surface area contributed by atoms with Gasteiger partial charge in [-0.3, -0.25) is 0 Å². The van der Waals surface area contributed by atoms with E-state index in [1.807, 2.05) is 19.1 Å². The highest BCUT2D eigenvalue weighted by molar-refractivity contribution is 9.10. The molecule has 2 rings (SSSR count). The number of aliphatic hydroxyl groups excluding tert-OH is 1. The molecule has 0 fully saturated rings. The highest BCUT2D eigenvalue weighted by atomic mass is 79.9. The predicted octanol–water partition coefficient (Wildman–Crippen LogP) is 5.20. The standard InChI is InChI=1S/C19H22BrCl2NO3/c1-3-25-18-8-13(10-23-9-12(2)24)7-15(20)19(18)26-11-14-16(21)5-4-6-17(14)22/h4-8,12,23-24H,3,9-11H2,1-2H3/t12-/m1/s1. The Labute approximate surface area is 172 Å². The van der Waals surface area contributed by atoms with Crippen LogP contribution < -0.4 is 14.8 Å². The first-order valence-corrected chi connectivity index (χ1v) is 9.87. The Morgan fingerprint density at radius 2 is 1.88 bits per heavy atom. The number of benzene rings is 2. The fourth-order valence-electron chi connectivity index (χ4n) is 2.37. The van der Waals surface area contributed by atoms with E-state index >= 15 is 0 Å². The number of rotatable bonds is 9. The summed E-state index contributed by atoms with van der Waals surface area (Å²) in [5, 5.41) is 13.7. The van der Waals surface area contributed by atoms with Gasteiger partial charge in [0.05, 0.1) is 17.2 Å². The average Bonchev–Trinajstić information content (AvgIpc) is 2.56. The number of ether oxygens (including phenoxy) is 2. The second kappa shape index (κ2) is 10.4. The number of aliphatic hydroxyl groups is 1. The van der Waals surface area contributed by atoms with Gasteiger partial charge in [0.15, 0.2) is 11.5 Å². The van der Waals surface area contributed by atoms with Gasteiger partial charge < -0.3 is 19.9 Å². The number of hydrogen-bond acceptors (Lipinski definition) is 4. The Morgan fingerprint density at radius 3 is 2.50 bits per heavy atom. The van der Waals surface area contributed by atoms with Gasteiger partial charge in [-0.05, 0) is 59.6 Å². The zero-order valence-electron chi connectivity index (χ0n) is 14.7. The highest BCUT2D eigenvalue weighted by Gasteiger charge is 2.14. The largest absolute Gasteiger partial charge is 0.490 e. The SMILES string of the molecule is CCOc1cc(CNC[C@@H](C)O)cc(Br)c1OCc1c(Cl)cccc1Cl. The predicted molar refractivity (Wildman–Crippen MR) is 109 cm³/mol. The van der Waals surface area contributed by atoms with Gasteiger partial charge in [0.25, 0.3) is 0 Å². The van der Waals surface area contributed by atoms with Crippen LogP contribution in [0.5, 0.6) is 11.5 Å². The Balaban J connectivity index is 2.18. The minimum absolute atomic E-state index is 0.233. The minimum atomic E-state index is -0.396. The van der Waals surface area contributed by atoms with Gasteiger partial charge >= 0.3 is 0 Å². The maximum Gasteiger partial charge on any atom is 0.175 e. The van der Waals surface area contributed by atoms with Gasteiger partial charge in [-0.2, -0.15) is 0 Å². The molecule has 0 heterocycles. The Kier molecular flexibility index (Phi) is 8.51. The van der Waals surface area contributed by atoms with E-state index in [1.165, 1.54) is 0 Å². The molecule has 0 bridgehead atoms. The summed E-state index contributed by atoms with van der Waals surface area (Å²) in [6.07, 6.45) is -0.396. The molecule has 142 valence electrons. The fraction of sp³-hybridized carbons (Fsp3) is 0.368. The van der Waals surface area contributed by atoms with E-state index in [2.05, 4.69) is 21.2 Å². The quantitative estimate of drug-likeness (QED) is 0.537. The van der Waals surface area contributed by atoms with Crippen molar-refractivity contribution >= 4 is 39.1 Å². The number of nitrogens with one attached hydrogen (secondary N) is 1. The van der Waals surface area contributed by atoms with Gasteiger partial charge in [-0.1, -0.05) is 29.3 Å². The normalized spacial score (nSPS) is 12.1. The van der Waals surface area contributed by atoms with E-state index in [-0.39, 0.29) is 6.61 Å². The molecule has 1 atom stereocenters. The summed E-state index contributed by atoms with van der Waals surface area (Å²) in [5.41, 5.74) is 1.75. The van der Waals surface area contributed by atoms with E-state index < -0.39 is 6.10 Å².